The SMILES string of the molecule is CC(C)CCNc1cc(C(=O)N(C)C)ccc1[N+](=O)[O-]. The lowest BCUT2D eigenvalue weighted by molar-refractivity contribution is -0.384. The van der Waals surface area contributed by atoms with Crippen LogP contribution in [0.5, 0.6) is 0 Å². The maximum absolute atomic E-state index is 11.9. The second kappa shape index (κ2) is 6.88. The van der Waals surface area contributed by atoms with Gasteiger partial charge < -0.3 is 10.2 Å². The van der Waals surface area contributed by atoms with E-state index in [2.05, 4.69) is 19.2 Å². The average molecular weight is 279 g/mol. The molecular formula is C14H21N3O3. The first-order chi connectivity index (χ1) is 9.32. The van der Waals surface area contributed by atoms with Crippen LogP contribution in [0, 0.1) is 16.0 Å². The molecule has 1 aromatic rings. The summed E-state index contributed by atoms with van der Waals surface area (Å²) in [6, 6.07) is 4.39. The van der Waals surface area contributed by atoms with Crippen LogP contribution < -0.4 is 5.32 Å². The van der Waals surface area contributed by atoms with Gasteiger partial charge in [-0.05, 0) is 24.5 Å². The highest BCUT2D eigenvalue weighted by Crippen LogP contribution is 2.26. The molecule has 1 N–H and O–H groups in total. The van der Waals surface area contributed by atoms with Crippen LogP contribution in [0.3, 0.4) is 0 Å². The number of anilines is 1. The number of carbonyl (C=O) groups is 1. The van der Waals surface area contributed by atoms with Crippen molar-refractivity contribution in [2.24, 2.45) is 5.92 Å². The lowest BCUT2D eigenvalue weighted by Crippen LogP contribution is -2.21. The zero-order valence-electron chi connectivity index (χ0n) is 12.3. The lowest BCUT2D eigenvalue weighted by Gasteiger charge is -2.13. The van der Waals surface area contributed by atoms with E-state index in [1.54, 1.807) is 20.2 Å². The fourth-order valence-corrected chi connectivity index (χ4v) is 1.72. The van der Waals surface area contributed by atoms with Crippen molar-refractivity contribution in [3.8, 4) is 0 Å². The molecule has 1 amide bonds. The Morgan fingerprint density at radius 3 is 2.55 bits per heavy atom. The number of nitro groups is 1. The van der Waals surface area contributed by atoms with Crippen LogP contribution >= 0.6 is 0 Å². The molecule has 0 spiro atoms. The summed E-state index contributed by atoms with van der Waals surface area (Å²) in [6.45, 7) is 4.81. The molecule has 0 atom stereocenters. The Morgan fingerprint density at radius 2 is 2.05 bits per heavy atom. The predicted molar refractivity (Wildman–Crippen MR) is 79.1 cm³/mol. The number of rotatable bonds is 6. The summed E-state index contributed by atoms with van der Waals surface area (Å²) in [4.78, 5) is 23.9. The Labute approximate surface area is 118 Å². The van der Waals surface area contributed by atoms with Gasteiger partial charge in [0.1, 0.15) is 5.69 Å². The van der Waals surface area contributed by atoms with E-state index in [0.717, 1.165) is 6.42 Å². The Bertz CT molecular complexity index is 498. The van der Waals surface area contributed by atoms with Crippen LogP contribution in [0.15, 0.2) is 18.2 Å². The van der Waals surface area contributed by atoms with Gasteiger partial charge in [-0.3, -0.25) is 14.9 Å². The van der Waals surface area contributed by atoms with Gasteiger partial charge in [0, 0.05) is 32.3 Å². The zero-order valence-corrected chi connectivity index (χ0v) is 12.3. The maximum atomic E-state index is 11.9. The summed E-state index contributed by atoms with van der Waals surface area (Å²) >= 11 is 0. The summed E-state index contributed by atoms with van der Waals surface area (Å²) in [5, 5.41) is 14.1. The van der Waals surface area contributed by atoms with Gasteiger partial charge in [0.25, 0.3) is 11.6 Å². The molecule has 0 aliphatic rings. The highest BCUT2D eigenvalue weighted by atomic mass is 16.6. The van der Waals surface area contributed by atoms with Gasteiger partial charge >= 0.3 is 0 Å². The fraction of sp³-hybridized carbons (Fsp3) is 0.500. The van der Waals surface area contributed by atoms with E-state index in [-0.39, 0.29) is 11.6 Å². The third kappa shape index (κ3) is 4.22. The van der Waals surface area contributed by atoms with Gasteiger partial charge in [-0.25, -0.2) is 0 Å². The number of amides is 1. The predicted octanol–water partition coefficient (Wildman–Crippen LogP) is 2.75. The Balaban J connectivity index is 3.00. The molecule has 0 aliphatic heterocycles. The summed E-state index contributed by atoms with van der Waals surface area (Å²) in [5.74, 6) is 0.333. The molecule has 0 radical (unpaired) electrons. The van der Waals surface area contributed by atoms with Crippen molar-refractivity contribution in [2.45, 2.75) is 20.3 Å². The van der Waals surface area contributed by atoms with Gasteiger partial charge in [-0.2, -0.15) is 0 Å². The minimum Gasteiger partial charge on any atom is -0.379 e. The molecule has 1 rings (SSSR count). The number of nitro benzene ring substituents is 1. The Hall–Kier alpha value is -2.11. The van der Waals surface area contributed by atoms with E-state index in [9.17, 15) is 14.9 Å². The monoisotopic (exact) mass is 279 g/mol. The molecule has 0 bridgehead atoms. The maximum Gasteiger partial charge on any atom is 0.292 e. The van der Waals surface area contributed by atoms with E-state index in [4.69, 9.17) is 0 Å². The number of carbonyl (C=O) groups excluding carboxylic acids is 1. The molecule has 110 valence electrons. The zero-order chi connectivity index (χ0) is 15.3. The average Bonchev–Trinajstić information content (AvgIpc) is 2.36. The molecule has 0 fully saturated rings. The number of nitrogens with one attached hydrogen (secondary N) is 1. The molecule has 0 saturated heterocycles. The van der Waals surface area contributed by atoms with Gasteiger partial charge in [-0.1, -0.05) is 13.8 Å². The van der Waals surface area contributed by atoms with Gasteiger partial charge in [0.05, 0.1) is 4.92 Å². The number of hydrogen-bond donors (Lipinski definition) is 1. The van der Waals surface area contributed by atoms with Crippen molar-refractivity contribution in [1.29, 1.82) is 0 Å². The molecular weight excluding hydrogens is 258 g/mol. The van der Waals surface area contributed by atoms with Crippen molar-refractivity contribution in [2.75, 3.05) is 26.0 Å². The van der Waals surface area contributed by atoms with Crippen LogP contribution in [0.1, 0.15) is 30.6 Å². The minimum atomic E-state index is -0.443. The van der Waals surface area contributed by atoms with Crippen LogP contribution in [-0.4, -0.2) is 36.4 Å². The van der Waals surface area contributed by atoms with Crippen LogP contribution in [0.25, 0.3) is 0 Å². The third-order valence-corrected chi connectivity index (χ3v) is 2.88. The Kier molecular flexibility index (Phi) is 5.49. The standard InChI is InChI=1S/C14H21N3O3/c1-10(2)7-8-15-12-9-11(14(18)16(3)4)5-6-13(12)17(19)20/h5-6,9-10,15H,7-8H2,1-4H3. The highest BCUT2D eigenvalue weighted by Gasteiger charge is 2.17. The molecule has 0 heterocycles. The number of benzene rings is 1. The smallest absolute Gasteiger partial charge is 0.292 e. The van der Waals surface area contributed by atoms with Crippen molar-refractivity contribution in [3.63, 3.8) is 0 Å². The first-order valence-electron chi connectivity index (χ1n) is 6.57. The summed E-state index contributed by atoms with van der Waals surface area (Å²) in [7, 11) is 3.30. The summed E-state index contributed by atoms with van der Waals surface area (Å²) in [6.07, 6.45) is 0.906. The first kappa shape index (κ1) is 15.9. The first-order valence-corrected chi connectivity index (χ1v) is 6.57. The van der Waals surface area contributed by atoms with Crippen molar-refractivity contribution in [3.05, 3.63) is 33.9 Å². The second-order valence-electron chi connectivity index (χ2n) is 5.30. The van der Waals surface area contributed by atoms with E-state index in [1.165, 1.54) is 17.0 Å². The minimum absolute atomic E-state index is 0.0101. The largest absolute Gasteiger partial charge is 0.379 e. The van der Waals surface area contributed by atoms with E-state index >= 15 is 0 Å². The van der Waals surface area contributed by atoms with Gasteiger partial charge in [0.2, 0.25) is 0 Å². The number of hydrogen-bond acceptors (Lipinski definition) is 4. The van der Waals surface area contributed by atoms with E-state index in [0.29, 0.717) is 23.7 Å². The number of nitrogens with zero attached hydrogens (tertiary/aromatic N) is 2. The quantitative estimate of drug-likeness (QED) is 0.641. The Morgan fingerprint density at radius 1 is 1.40 bits per heavy atom. The van der Waals surface area contributed by atoms with Gasteiger partial charge in [-0.15, -0.1) is 0 Å². The van der Waals surface area contributed by atoms with E-state index in [1.807, 2.05) is 0 Å². The molecule has 6 heteroatoms. The fourth-order valence-electron chi connectivity index (χ4n) is 1.72. The molecule has 0 aromatic heterocycles. The molecule has 0 saturated carbocycles. The molecule has 0 unspecified atom stereocenters. The molecule has 1 aromatic carbocycles. The highest BCUT2D eigenvalue weighted by molar-refractivity contribution is 5.95. The lowest BCUT2D eigenvalue weighted by atomic mass is 10.1. The molecule has 6 nitrogen and oxygen atoms in total. The van der Waals surface area contributed by atoms with Gasteiger partial charge in [0.15, 0.2) is 0 Å². The topological polar surface area (TPSA) is 75.5 Å². The normalized spacial score (nSPS) is 10.4. The molecule has 0 aliphatic carbocycles. The van der Waals surface area contributed by atoms with Crippen LogP contribution in [0.2, 0.25) is 0 Å². The van der Waals surface area contributed by atoms with Crippen LogP contribution in [-0.2, 0) is 0 Å². The molecule has 20 heavy (non-hydrogen) atoms. The summed E-state index contributed by atoms with van der Waals surface area (Å²) in [5.41, 5.74) is 0.819. The van der Waals surface area contributed by atoms with Crippen molar-refractivity contribution >= 4 is 17.3 Å². The second-order valence-corrected chi connectivity index (χ2v) is 5.30. The van der Waals surface area contributed by atoms with Crippen molar-refractivity contribution in [1.82, 2.24) is 4.90 Å². The van der Waals surface area contributed by atoms with Crippen molar-refractivity contribution < 1.29 is 9.72 Å². The summed E-state index contributed by atoms with van der Waals surface area (Å²) < 4.78 is 0. The van der Waals surface area contributed by atoms with E-state index < -0.39 is 4.92 Å². The van der Waals surface area contributed by atoms with Crippen LogP contribution in [0.4, 0.5) is 11.4 Å². The third-order valence-electron chi connectivity index (χ3n) is 2.88.